The van der Waals surface area contributed by atoms with Gasteiger partial charge in [-0.25, -0.2) is 14.8 Å². The molecular weight excluding hydrogens is 867 g/mol. The number of halogens is 3. The molecule has 8 nitrogen and oxygen atoms in total. The number of Topliss-reactive ketones (excluding diaryl/α,β-unsaturated/α-hetero) is 1. The third-order valence-electron chi connectivity index (χ3n) is 7.32. The molecule has 0 bridgehead atoms. The first-order valence-electron chi connectivity index (χ1n) is 16.3. The Morgan fingerprint density at radius 1 is 0.554 bits per heavy atom. The zero-order valence-electron chi connectivity index (χ0n) is 30.6. The quantitative estimate of drug-likeness (QED) is 0.0653. The van der Waals surface area contributed by atoms with Gasteiger partial charge >= 0.3 is 35.5 Å². The van der Waals surface area contributed by atoms with Gasteiger partial charge in [0.1, 0.15) is 5.84 Å². The van der Waals surface area contributed by atoms with E-state index >= 15 is 0 Å². The van der Waals surface area contributed by atoms with Crippen molar-refractivity contribution in [2.75, 3.05) is 0 Å². The molecule has 0 aliphatic heterocycles. The monoisotopic (exact) mass is 902 g/mol. The molecule has 7 rings (SSSR count). The molecule has 1 heterocycles. The van der Waals surface area contributed by atoms with Crippen LogP contribution in [0.15, 0.2) is 185 Å². The largest absolute Gasteiger partial charge is 1.00 e. The number of hydrogen-bond donors (Lipinski definition) is 3. The molecule has 56 heavy (non-hydrogen) atoms. The number of aromatic carboxylic acids is 1. The van der Waals surface area contributed by atoms with Gasteiger partial charge in [-0.15, -0.1) is 12.4 Å². The van der Waals surface area contributed by atoms with Gasteiger partial charge in [-0.3, -0.25) is 10.2 Å². The minimum Gasteiger partial charge on any atom is -0.870 e. The molecule has 0 radical (unpaired) electrons. The second kappa shape index (κ2) is 26.1. The number of ketones is 1. The standard InChI is InChI=1S/C22H15BrN2.C8H8O.C7H5BrO2.C7H8N2.ClH.Na.H2O/c23-19-13-11-17(12-14-19)21-15-20(16-7-3-1-4-8-16)24-22(25-21)18-9-5-2-6-10-18;1-7(9)8-5-3-2-4-6-8;8-6-3-1-5(2-4-6)7(9)10;8-7(9)6-4-2-1-3-5-6;;;/h1-15H;2-6H,1H3;1-4H,(H,9,10);1-5H,(H3,8,9);1H;;1H2/q;;;;;+1;/p-1. The number of rotatable bonds is 6. The van der Waals surface area contributed by atoms with E-state index in [1.165, 1.54) is 0 Å². The molecule has 7 aromatic rings. The summed E-state index contributed by atoms with van der Waals surface area (Å²) in [7, 11) is 0. The van der Waals surface area contributed by atoms with E-state index in [0.29, 0.717) is 5.56 Å². The van der Waals surface area contributed by atoms with E-state index < -0.39 is 5.97 Å². The van der Waals surface area contributed by atoms with E-state index in [1.54, 1.807) is 31.2 Å². The second-order valence-electron chi connectivity index (χ2n) is 11.2. The van der Waals surface area contributed by atoms with Crippen LogP contribution in [0.25, 0.3) is 33.9 Å². The number of nitrogens with one attached hydrogen (secondary N) is 1. The molecule has 0 amide bonds. The molecule has 0 fully saturated rings. The van der Waals surface area contributed by atoms with Gasteiger partial charge in [-0.1, -0.05) is 165 Å². The Kier molecular flexibility index (Phi) is 23.0. The van der Waals surface area contributed by atoms with Crippen LogP contribution in [0.1, 0.15) is 33.2 Å². The first kappa shape index (κ1) is 49.2. The van der Waals surface area contributed by atoms with Gasteiger partial charge < -0.3 is 16.3 Å². The Morgan fingerprint density at radius 3 is 1.27 bits per heavy atom. The van der Waals surface area contributed by atoms with Crippen molar-refractivity contribution in [1.82, 2.24) is 9.97 Å². The molecule has 0 unspecified atom stereocenters. The summed E-state index contributed by atoms with van der Waals surface area (Å²) < 4.78 is 1.94. The van der Waals surface area contributed by atoms with Crippen LogP contribution in [0.2, 0.25) is 0 Å². The molecule has 0 aliphatic rings. The summed E-state index contributed by atoms with van der Waals surface area (Å²) in [5.41, 5.74) is 12.1. The van der Waals surface area contributed by atoms with Gasteiger partial charge in [0.15, 0.2) is 11.6 Å². The maximum absolute atomic E-state index is 10.6. The van der Waals surface area contributed by atoms with Crippen molar-refractivity contribution in [2.45, 2.75) is 6.92 Å². The van der Waals surface area contributed by atoms with E-state index in [1.807, 2.05) is 127 Å². The number of nitrogen functional groups attached to an aromatic ring is 1. The molecule has 6 aromatic carbocycles. The van der Waals surface area contributed by atoms with Crippen LogP contribution in [0.5, 0.6) is 0 Å². The number of carbonyl (C=O) groups excluding carboxylic acids is 1. The van der Waals surface area contributed by atoms with Crippen LogP contribution in [0.4, 0.5) is 0 Å². The van der Waals surface area contributed by atoms with Crippen molar-refractivity contribution in [3.63, 3.8) is 0 Å². The summed E-state index contributed by atoms with van der Waals surface area (Å²) in [5, 5.41) is 15.5. The first-order chi connectivity index (χ1) is 25.6. The Morgan fingerprint density at radius 2 is 0.911 bits per heavy atom. The predicted molar refractivity (Wildman–Crippen MR) is 230 cm³/mol. The molecule has 0 saturated heterocycles. The molecular formula is C44H38Br2ClN4NaO4. The van der Waals surface area contributed by atoms with Crippen LogP contribution in [-0.4, -0.2) is 38.1 Å². The summed E-state index contributed by atoms with van der Waals surface area (Å²) in [6.07, 6.45) is 0. The summed E-state index contributed by atoms with van der Waals surface area (Å²) in [4.78, 5) is 30.5. The number of benzene rings is 6. The minimum atomic E-state index is -0.896. The number of nitrogens with zero attached hydrogens (tertiary/aromatic N) is 2. The molecule has 280 valence electrons. The van der Waals surface area contributed by atoms with E-state index in [4.69, 9.17) is 26.2 Å². The Hall–Kier alpha value is -4.78. The fourth-order valence-electron chi connectivity index (χ4n) is 4.57. The zero-order valence-corrected chi connectivity index (χ0v) is 36.6. The van der Waals surface area contributed by atoms with Gasteiger partial charge in [0.05, 0.1) is 17.0 Å². The van der Waals surface area contributed by atoms with E-state index in [2.05, 4.69) is 56.1 Å². The second-order valence-corrected chi connectivity index (χ2v) is 13.0. The number of hydrogen-bond acceptors (Lipinski definition) is 6. The van der Waals surface area contributed by atoms with E-state index in [9.17, 15) is 9.59 Å². The smallest absolute Gasteiger partial charge is 0.870 e. The summed E-state index contributed by atoms with van der Waals surface area (Å²) >= 11 is 6.69. The third-order valence-corrected chi connectivity index (χ3v) is 8.38. The number of carbonyl (C=O) groups is 2. The number of nitrogens with two attached hydrogens (primary N) is 1. The van der Waals surface area contributed by atoms with Crippen molar-refractivity contribution in [3.8, 4) is 33.9 Å². The Balaban J connectivity index is 0.000000421. The van der Waals surface area contributed by atoms with Crippen LogP contribution in [0.3, 0.4) is 0 Å². The maximum atomic E-state index is 10.6. The summed E-state index contributed by atoms with van der Waals surface area (Å²) in [6.45, 7) is 1.56. The topological polar surface area (TPSA) is 160 Å². The molecule has 0 saturated carbocycles. The third kappa shape index (κ3) is 16.5. The molecule has 0 spiro atoms. The van der Waals surface area contributed by atoms with Gasteiger partial charge in [-0.2, -0.15) is 0 Å². The SMILES string of the molecule is Brc1ccc(-c2cc(-c3ccccc3)nc(-c3ccccc3)n2)cc1.CC(=O)c1ccccc1.Cl.N=C(N)c1ccccc1.O=C(O)c1ccc(Br)cc1.[Na+].[OH-]. The fourth-order valence-corrected chi connectivity index (χ4v) is 5.10. The molecule has 12 heteroatoms. The normalized spacial score (nSPS) is 9.27. The Bertz CT molecular complexity index is 2110. The molecule has 1 aromatic heterocycles. The van der Waals surface area contributed by atoms with Crippen LogP contribution >= 0.6 is 44.3 Å². The summed E-state index contributed by atoms with van der Waals surface area (Å²) in [5.74, 6) is 0.0820. The van der Waals surface area contributed by atoms with Gasteiger partial charge in [0.25, 0.3) is 0 Å². The molecule has 5 N–H and O–H groups in total. The van der Waals surface area contributed by atoms with Crippen molar-refractivity contribution in [1.29, 1.82) is 5.41 Å². The van der Waals surface area contributed by atoms with Gasteiger partial charge in [0, 0.05) is 36.8 Å². The van der Waals surface area contributed by atoms with E-state index in [-0.39, 0.29) is 59.1 Å². The van der Waals surface area contributed by atoms with Crippen LogP contribution in [0, 0.1) is 5.41 Å². The van der Waals surface area contributed by atoms with Crippen molar-refractivity contribution < 1.29 is 49.7 Å². The molecule has 0 atom stereocenters. The number of carboxylic acids is 1. The van der Waals surface area contributed by atoms with Crippen molar-refractivity contribution in [2.24, 2.45) is 5.73 Å². The number of carboxylic acid groups (broad SMARTS) is 1. The van der Waals surface area contributed by atoms with Crippen molar-refractivity contribution >= 4 is 61.9 Å². The first-order valence-corrected chi connectivity index (χ1v) is 17.9. The number of amidine groups is 1. The van der Waals surface area contributed by atoms with Crippen LogP contribution in [-0.2, 0) is 0 Å². The number of aromatic nitrogens is 2. The van der Waals surface area contributed by atoms with Crippen LogP contribution < -0.4 is 35.3 Å². The van der Waals surface area contributed by atoms with Crippen molar-refractivity contribution in [3.05, 3.63) is 202 Å². The molecule has 0 aliphatic carbocycles. The fraction of sp³-hybridized carbons (Fsp3) is 0.0227. The van der Waals surface area contributed by atoms with Gasteiger partial charge in [0.2, 0.25) is 0 Å². The van der Waals surface area contributed by atoms with E-state index in [0.717, 1.165) is 54.0 Å². The average Bonchev–Trinajstić information content (AvgIpc) is 3.20. The minimum absolute atomic E-state index is 0. The Labute approximate surface area is 372 Å². The average molecular weight is 905 g/mol. The maximum Gasteiger partial charge on any atom is 1.00 e. The zero-order chi connectivity index (χ0) is 38.0. The predicted octanol–water partition coefficient (Wildman–Crippen LogP) is 8.50. The van der Waals surface area contributed by atoms with Gasteiger partial charge in [-0.05, 0) is 49.4 Å². The summed E-state index contributed by atoms with van der Waals surface area (Å²) in [6, 6.07) is 55.5.